The number of hydrogen-bond donors (Lipinski definition) is 0. The number of rotatable bonds is 4. The zero-order valence-corrected chi connectivity index (χ0v) is 25.9. The van der Waals surface area contributed by atoms with E-state index in [1.165, 1.54) is 77.0 Å². The highest BCUT2D eigenvalue weighted by molar-refractivity contribution is 6.11. The molecule has 0 unspecified atom stereocenters. The molecule has 0 spiro atoms. The smallest absolute Gasteiger partial charge is 0.0547 e. The predicted molar refractivity (Wildman–Crippen MR) is 195 cm³/mol. The van der Waals surface area contributed by atoms with Gasteiger partial charge < -0.3 is 9.13 Å². The number of aryl methyl sites for hydroxylation is 2. The van der Waals surface area contributed by atoms with Crippen LogP contribution in [-0.4, -0.2) is 9.13 Å². The standard InChI is InChI=1S/C44H32N2/c1-29-12-3-5-16-35(29)31-22-24-39-37-18-7-9-20-41(37)45(43(39)26-31)33-14-11-15-34(28-33)46-42-21-10-8-19-38(42)40-25-23-32(27-44(40)46)36-17-6-4-13-30(36)2/h3-28H,1-2H3. The molecule has 46 heavy (non-hydrogen) atoms. The summed E-state index contributed by atoms with van der Waals surface area (Å²) in [6.45, 7) is 4.38. The summed E-state index contributed by atoms with van der Waals surface area (Å²) < 4.78 is 4.87. The summed E-state index contributed by atoms with van der Waals surface area (Å²) in [6, 6.07) is 57.7. The second-order valence-electron chi connectivity index (χ2n) is 12.3. The molecule has 0 saturated heterocycles. The lowest BCUT2D eigenvalue weighted by atomic mass is 9.99. The van der Waals surface area contributed by atoms with E-state index in [4.69, 9.17) is 0 Å². The molecule has 0 aliphatic carbocycles. The molecule has 0 fully saturated rings. The topological polar surface area (TPSA) is 9.86 Å². The third-order valence-corrected chi connectivity index (χ3v) is 9.61. The van der Waals surface area contributed by atoms with Crippen LogP contribution in [0.25, 0.3) is 77.2 Å². The second kappa shape index (κ2) is 10.4. The van der Waals surface area contributed by atoms with Gasteiger partial charge in [-0.15, -0.1) is 0 Å². The molecule has 2 aromatic heterocycles. The minimum Gasteiger partial charge on any atom is -0.309 e. The normalized spacial score (nSPS) is 11.7. The molecule has 0 atom stereocenters. The third kappa shape index (κ3) is 4.04. The zero-order valence-electron chi connectivity index (χ0n) is 25.9. The maximum atomic E-state index is 2.43. The van der Waals surface area contributed by atoms with Crippen LogP contribution in [0.15, 0.2) is 158 Å². The highest BCUT2D eigenvalue weighted by Gasteiger charge is 2.17. The van der Waals surface area contributed by atoms with Gasteiger partial charge in [0.15, 0.2) is 0 Å². The minimum absolute atomic E-state index is 1.15. The van der Waals surface area contributed by atoms with Crippen molar-refractivity contribution < 1.29 is 0 Å². The molecule has 0 N–H and O–H groups in total. The van der Waals surface area contributed by atoms with Crippen LogP contribution in [0, 0.1) is 13.8 Å². The van der Waals surface area contributed by atoms with Gasteiger partial charge in [-0.05, 0) is 89.7 Å². The second-order valence-corrected chi connectivity index (χ2v) is 12.3. The Labute approximate surface area is 268 Å². The maximum Gasteiger partial charge on any atom is 0.0547 e. The zero-order chi connectivity index (χ0) is 30.8. The Morgan fingerprint density at radius 3 is 1.22 bits per heavy atom. The molecule has 7 aromatic carbocycles. The molecule has 0 bridgehead atoms. The molecule has 0 saturated carbocycles. The molecular formula is C44H32N2. The average Bonchev–Trinajstić information content (AvgIpc) is 3.61. The van der Waals surface area contributed by atoms with Crippen LogP contribution >= 0.6 is 0 Å². The first-order valence-electron chi connectivity index (χ1n) is 15.9. The lowest BCUT2D eigenvalue weighted by molar-refractivity contribution is 1.13. The minimum atomic E-state index is 1.15. The molecule has 2 nitrogen and oxygen atoms in total. The average molecular weight is 589 g/mol. The molecular weight excluding hydrogens is 556 g/mol. The monoisotopic (exact) mass is 588 g/mol. The van der Waals surface area contributed by atoms with Crippen LogP contribution in [0.5, 0.6) is 0 Å². The molecule has 218 valence electrons. The Bertz CT molecular complexity index is 2430. The first-order valence-corrected chi connectivity index (χ1v) is 15.9. The molecule has 0 aliphatic heterocycles. The van der Waals surface area contributed by atoms with E-state index >= 15 is 0 Å². The summed E-state index contributed by atoms with van der Waals surface area (Å²) in [7, 11) is 0. The first kappa shape index (κ1) is 26.5. The summed E-state index contributed by atoms with van der Waals surface area (Å²) in [5.74, 6) is 0. The van der Waals surface area contributed by atoms with E-state index in [1.807, 2.05) is 0 Å². The summed E-state index contributed by atoms with van der Waals surface area (Å²) >= 11 is 0. The largest absolute Gasteiger partial charge is 0.309 e. The number of aromatic nitrogens is 2. The summed E-state index contributed by atoms with van der Waals surface area (Å²) in [5, 5.41) is 5.05. The van der Waals surface area contributed by atoms with E-state index in [9.17, 15) is 0 Å². The van der Waals surface area contributed by atoms with Crippen molar-refractivity contribution >= 4 is 43.6 Å². The van der Waals surface area contributed by atoms with Gasteiger partial charge >= 0.3 is 0 Å². The Morgan fingerprint density at radius 2 is 0.739 bits per heavy atom. The quantitative estimate of drug-likeness (QED) is 0.194. The van der Waals surface area contributed by atoms with Crippen LogP contribution in [0.1, 0.15) is 11.1 Å². The van der Waals surface area contributed by atoms with Crippen molar-refractivity contribution in [2.75, 3.05) is 0 Å². The van der Waals surface area contributed by atoms with Crippen LogP contribution in [0.3, 0.4) is 0 Å². The van der Waals surface area contributed by atoms with Gasteiger partial charge in [0.1, 0.15) is 0 Å². The lowest BCUT2D eigenvalue weighted by Crippen LogP contribution is -1.99. The van der Waals surface area contributed by atoms with E-state index in [-0.39, 0.29) is 0 Å². The van der Waals surface area contributed by atoms with E-state index in [2.05, 4.69) is 181 Å². The SMILES string of the molecule is Cc1ccccc1-c1ccc2c3ccccc3n(-c3cccc(-n4c5ccccc5c5ccc(-c6ccccc6C)cc54)c3)c2c1. The molecule has 9 rings (SSSR count). The fraction of sp³-hybridized carbons (Fsp3) is 0.0455. The van der Waals surface area contributed by atoms with E-state index in [0.717, 1.165) is 11.4 Å². The molecule has 0 amide bonds. The van der Waals surface area contributed by atoms with Crippen molar-refractivity contribution in [3.8, 4) is 33.6 Å². The summed E-state index contributed by atoms with van der Waals surface area (Å²) in [5.41, 5.74) is 14.7. The Morgan fingerprint density at radius 1 is 0.326 bits per heavy atom. The van der Waals surface area contributed by atoms with E-state index in [1.54, 1.807) is 0 Å². The van der Waals surface area contributed by atoms with Crippen molar-refractivity contribution in [1.29, 1.82) is 0 Å². The van der Waals surface area contributed by atoms with Crippen LogP contribution in [0.4, 0.5) is 0 Å². The highest BCUT2D eigenvalue weighted by Crippen LogP contribution is 2.38. The number of nitrogens with zero attached hydrogens (tertiary/aromatic N) is 2. The lowest BCUT2D eigenvalue weighted by Gasteiger charge is -2.14. The van der Waals surface area contributed by atoms with Crippen LogP contribution in [0.2, 0.25) is 0 Å². The maximum absolute atomic E-state index is 2.43. The van der Waals surface area contributed by atoms with Gasteiger partial charge in [-0.2, -0.15) is 0 Å². The molecule has 9 aromatic rings. The Balaban J connectivity index is 1.30. The van der Waals surface area contributed by atoms with Gasteiger partial charge in [-0.25, -0.2) is 0 Å². The molecule has 0 aliphatic rings. The van der Waals surface area contributed by atoms with Crippen molar-refractivity contribution in [1.82, 2.24) is 9.13 Å². The fourth-order valence-corrected chi connectivity index (χ4v) is 7.40. The van der Waals surface area contributed by atoms with Gasteiger partial charge in [0.2, 0.25) is 0 Å². The number of para-hydroxylation sites is 2. The molecule has 2 heteroatoms. The molecule has 0 radical (unpaired) electrons. The summed E-state index contributed by atoms with van der Waals surface area (Å²) in [6.07, 6.45) is 0. The highest BCUT2D eigenvalue weighted by atomic mass is 15.0. The van der Waals surface area contributed by atoms with Gasteiger partial charge in [-0.3, -0.25) is 0 Å². The van der Waals surface area contributed by atoms with Crippen LogP contribution in [-0.2, 0) is 0 Å². The Kier molecular flexibility index (Phi) is 5.97. The fourth-order valence-electron chi connectivity index (χ4n) is 7.40. The Hall–Kier alpha value is -5.86. The van der Waals surface area contributed by atoms with Gasteiger partial charge in [0, 0.05) is 32.9 Å². The van der Waals surface area contributed by atoms with Crippen molar-refractivity contribution in [2.24, 2.45) is 0 Å². The third-order valence-electron chi connectivity index (χ3n) is 9.61. The van der Waals surface area contributed by atoms with Crippen LogP contribution < -0.4 is 0 Å². The van der Waals surface area contributed by atoms with Crippen molar-refractivity contribution in [3.63, 3.8) is 0 Å². The molecule has 2 heterocycles. The van der Waals surface area contributed by atoms with Gasteiger partial charge in [0.05, 0.1) is 22.1 Å². The number of benzene rings is 7. The predicted octanol–water partition coefficient (Wildman–Crippen LogP) is 11.8. The number of hydrogen-bond acceptors (Lipinski definition) is 0. The van der Waals surface area contributed by atoms with Crippen molar-refractivity contribution in [2.45, 2.75) is 13.8 Å². The van der Waals surface area contributed by atoms with Crippen molar-refractivity contribution in [3.05, 3.63) is 169 Å². The van der Waals surface area contributed by atoms with Gasteiger partial charge in [-0.1, -0.05) is 115 Å². The number of fused-ring (bicyclic) bond motifs is 6. The van der Waals surface area contributed by atoms with Gasteiger partial charge in [0.25, 0.3) is 0 Å². The van der Waals surface area contributed by atoms with E-state index < -0.39 is 0 Å². The summed E-state index contributed by atoms with van der Waals surface area (Å²) in [4.78, 5) is 0. The first-order chi connectivity index (χ1) is 22.7. The van der Waals surface area contributed by atoms with E-state index in [0.29, 0.717) is 0 Å².